The number of halogens is 1. The molecule has 1 saturated heterocycles. The summed E-state index contributed by atoms with van der Waals surface area (Å²) in [4.78, 5) is 15.2. The van der Waals surface area contributed by atoms with Crippen LogP contribution in [-0.4, -0.2) is 38.6 Å². The zero-order chi connectivity index (χ0) is 13.3. The maximum absolute atomic E-state index is 11.7. The Morgan fingerprint density at radius 2 is 2.39 bits per heavy atom. The van der Waals surface area contributed by atoms with Gasteiger partial charge in [0.25, 0.3) is 0 Å². The molecular formula is C10H12ClN3O4. The number of hydrogen-bond donors (Lipinski definition) is 3. The Balaban J connectivity index is 2.41. The number of hydrogen-bond acceptors (Lipinski definition) is 6. The van der Waals surface area contributed by atoms with E-state index in [-0.39, 0.29) is 18.0 Å². The highest BCUT2D eigenvalue weighted by Gasteiger charge is 2.39. The molecule has 0 aliphatic carbocycles. The normalized spacial score (nSPS) is 29.9. The summed E-state index contributed by atoms with van der Waals surface area (Å²) < 4.78 is 6.50. The molecule has 0 radical (unpaired) electrons. The molecule has 1 fully saturated rings. The van der Waals surface area contributed by atoms with Crippen molar-refractivity contribution in [1.29, 1.82) is 0 Å². The molecule has 2 rings (SSSR count). The Morgan fingerprint density at radius 1 is 1.67 bits per heavy atom. The summed E-state index contributed by atoms with van der Waals surface area (Å²) in [6.45, 7) is -0.386. The third-order valence-corrected chi connectivity index (χ3v) is 2.94. The highest BCUT2D eigenvalue weighted by molar-refractivity contribution is 6.25. The number of rotatable bonds is 2. The Morgan fingerprint density at radius 3 is 2.94 bits per heavy atom. The van der Waals surface area contributed by atoms with Crippen LogP contribution in [0.1, 0.15) is 6.23 Å². The van der Waals surface area contributed by atoms with Gasteiger partial charge in [0.05, 0.1) is 6.61 Å². The number of aliphatic hydroxyl groups is 2. The second-order valence-corrected chi connectivity index (χ2v) is 4.02. The van der Waals surface area contributed by atoms with Crippen LogP contribution in [-0.2, 0) is 4.74 Å². The maximum atomic E-state index is 11.7. The van der Waals surface area contributed by atoms with Gasteiger partial charge in [-0.05, 0) is 6.07 Å². The van der Waals surface area contributed by atoms with Gasteiger partial charge in [-0.15, -0.1) is 0 Å². The van der Waals surface area contributed by atoms with Gasteiger partial charge in [0.2, 0.25) is 0 Å². The van der Waals surface area contributed by atoms with E-state index in [1.54, 1.807) is 0 Å². The topological polar surface area (TPSA) is 111 Å². The second-order valence-electron chi connectivity index (χ2n) is 3.81. The molecule has 98 valence electrons. The van der Waals surface area contributed by atoms with Crippen molar-refractivity contribution in [2.24, 2.45) is 0 Å². The second kappa shape index (κ2) is 5.07. The lowest BCUT2D eigenvalue weighted by Crippen LogP contribution is -2.28. The van der Waals surface area contributed by atoms with Crippen molar-refractivity contribution >= 4 is 17.4 Å². The van der Waals surface area contributed by atoms with Crippen molar-refractivity contribution in [2.45, 2.75) is 18.4 Å². The molecule has 1 aliphatic rings. The van der Waals surface area contributed by atoms with E-state index in [0.717, 1.165) is 10.1 Å². The third kappa shape index (κ3) is 2.13. The van der Waals surface area contributed by atoms with Crippen molar-refractivity contribution in [3.63, 3.8) is 0 Å². The van der Waals surface area contributed by atoms with Crippen LogP contribution in [0.2, 0.25) is 0 Å². The zero-order valence-corrected chi connectivity index (χ0v) is 9.99. The lowest BCUT2D eigenvalue weighted by Gasteiger charge is -2.14. The number of ether oxygens (including phenoxy) is 1. The van der Waals surface area contributed by atoms with Gasteiger partial charge in [-0.3, -0.25) is 4.57 Å². The average Bonchev–Trinajstić information content (AvgIpc) is 2.65. The number of anilines is 1. The van der Waals surface area contributed by atoms with Gasteiger partial charge in [0.15, 0.2) is 6.23 Å². The summed E-state index contributed by atoms with van der Waals surface area (Å²) in [5.74, 6) is 0.0879. The third-order valence-electron chi connectivity index (χ3n) is 2.69. The molecule has 1 aromatic heterocycles. The molecule has 7 nitrogen and oxygen atoms in total. The molecule has 1 aromatic rings. The van der Waals surface area contributed by atoms with Crippen molar-refractivity contribution in [3.8, 4) is 0 Å². The van der Waals surface area contributed by atoms with Crippen molar-refractivity contribution < 1.29 is 14.9 Å². The van der Waals surface area contributed by atoms with Crippen LogP contribution < -0.4 is 11.4 Å². The molecule has 2 heterocycles. The molecular weight excluding hydrogens is 262 g/mol. The lowest BCUT2D eigenvalue weighted by atomic mass is 10.1. The number of nitrogens with zero attached hydrogens (tertiary/aromatic N) is 2. The first-order chi connectivity index (χ1) is 8.58. The Hall–Kier alpha value is -1.41. The minimum absolute atomic E-state index is 0.0879. The highest BCUT2D eigenvalue weighted by atomic mass is 35.5. The van der Waals surface area contributed by atoms with Gasteiger partial charge < -0.3 is 20.7 Å². The molecule has 0 amide bonds. The van der Waals surface area contributed by atoms with E-state index < -0.39 is 24.1 Å². The van der Waals surface area contributed by atoms with E-state index in [0.29, 0.717) is 0 Å². The summed E-state index contributed by atoms with van der Waals surface area (Å²) in [5, 5.41) is 18.9. The lowest BCUT2D eigenvalue weighted by molar-refractivity contribution is -0.0447. The molecule has 0 saturated carbocycles. The van der Waals surface area contributed by atoms with Gasteiger partial charge in [0, 0.05) is 17.3 Å². The summed E-state index contributed by atoms with van der Waals surface area (Å²) in [6.07, 6.45) is -1.40. The number of aliphatic hydroxyl groups excluding tert-OH is 2. The summed E-state index contributed by atoms with van der Waals surface area (Å²) in [7, 11) is 0. The molecule has 0 bridgehead atoms. The van der Waals surface area contributed by atoms with Gasteiger partial charge >= 0.3 is 5.69 Å². The van der Waals surface area contributed by atoms with E-state index in [2.05, 4.69) is 4.98 Å². The van der Waals surface area contributed by atoms with Crippen molar-refractivity contribution in [1.82, 2.24) is 9.55 Å². The molecule has 0 aromatic carbocycles. The van der Waals surface area contributed by atoms with E-state index in [1.807, 2.05) is 0 Å². The number of nitrogen functional groups attached to an aromatic ring is 1. The standard InChI is InChI=1S/C10H12ClN3O4/c11-3-5-8(16)6(4-15)18-9(5)14-2-1-7(12)13-10(14)17/h1-3,6,8-9,15-16H,4H2,(H2,12,13,17)/t6-,8+,9-/m1/s1. The van der Waals surface area contributed by atoms with Crippen LogP contribution in [0.4, 0.5) is 5.82 Å². The van der Waals surface area contributed by atoms with Crippen LogP contribution in [0.3, 0.4) is 0 Å². The zero-order valence-electron chi connectivity index (χ0n) is 9.23. The molecule has 0 spiro atoms. The van der Waals surface area contributed by atoms with Crippen LogP contribution in [0, 0.1) is 0 Å². The fraction of sp³-hybridized carbons (Fsp3) is 0.400. The Kier molecular flexibility index (Phi) is 3.67. The smallest absolute Gasteiger partial charge is 0.351 e. The molecule has 1 aliphatic heterocycles. The summed E-state index contributed by atoms with van der Waals surface area (Å²) in [6, 6.07) is 1.43. The first kappa shape index (κ1) is 13.0. The molecule has 4 N–H and O–H groups in total. The predicted molar refractivity (Wildman–Crippen MR) is 63.8 cm³/mol. The maximum Gasteiger partial charge on any atom is 0.351 e. The van der Waals surface area contributed by atoms with Gasteiger partial charge in [0.1, 0.15) is 18.0 Å². The van der Waals surface area contributed by atoms with E-state index in [9.17, 15) is 9.90 Å². The first-order valence-corrected chi connectivity index (χ1v) is 5.61. The monoisotopic (exact) mass is 273 g/mol. The largest absolute Gasteiger partial charge is 0.394 e. The fourth-order valence-electron chi connectivity index (χ4n) is 1.77. The Labute approximate surface area is 107 Å². The van der Waals surface area contributed by atoms with E-state index >= 15 is 0 Å². The quantitative estimate of drug-likeness (QED) is 0.650. The summed E-state index contributed by atoms with van der Waals surface area (Å²) >= 11 is 5.61. The molecule has 18 heavy (non-hydrogen) atoms. The molecule has 3 atom stereocenters. The predicted octanol–water partition coefficient (Wildman–Crippen LogP) is -0.801. The van der Waals surface area contributed by atoms with E-state index in [1.165, 1.54) is 12.3 Å². The van der Waals surface area contributed by atoms with Crippen LogP contribution in [0.5, 0.6) is 0 Å². The van der Waals surface area contributed by atoms with Crippen molar-refractivity contribution in [3.05, 3.63) is 33.9 Å². The van der Waals surface area contributed by atoms with Crippen LogP contribution in [0.15, 0.2) is 28.2 Å². The number of aromatic nitrogens is 2. The highest BCUT2D eigenvalue weighted by Crippen LogP contribution is 2.33. The Bertz CT molecular complexity index is 530. The molecule has 8 heteroatoms. The van der Waals surface area contributed by atoms with Crippen LogP contribution >= 0.6 is 11.6 Å². The van der Waals surface area contributed by atoms with Crippen molar-refractivity contribution in [2.75, 3.05) is 12.3 Å². The minimum Gasteiger partial charge on any atom is -0.394 e. The van der Waals surface area contributed by atoms with Gasteiger partial charge in [-0.2, -0.15) is 4.98 Å². The number of nitrogens with two attached hydrogens (primary N) is 1. The fourth-order valence-corrected chi connectivity index (χ4v) is 2.01. The van der Waals surface area contributed by atoms with Gasteiger partial charge in [-0.1, -0.05) is 11.6 Å². The summed E-state index contributed by atoms with van der Waals surface area (Å²) in [5.41, 5.74) is 6.17. The minimum atomic E-state index is -1.07. The molecule has 0 unspecified atom stereocenters. The SMILES string of the molecule is Nc1ccn([C@@H]2O[C@H](CO)[C@@H](O)C2=CCl)c(=O)n1. The average molecular weight is 274 g/mol. The first-order valence-electron chi connectivity index (χ1n) is 5.17. The van der Waals surface area contributed by atoms with Crippen LogP contribution in [0.25, 0.3) is 0 Å². The van der Waals surface area contributed by atoms with Gasteiger partial charge in [-0.25, -0.2) is 4.79 Å². The van der Waals surface area contributed by atoms with E-state index in [4.69, 9.17) is 27.2 Å².